The molecular weight excluding hydrogens is 370 g/mol. The van der Waals surface area contributed by atoms with Crippen LogP contribution in [0.4, 0.5) is 19.3 Å². The molecule has 0 atom stereocenters. The van der Waals surface area contributed by atoms with E-state index in [1.54, 1.807) is 17.0 Å². The van der Waals surface area contributed by atoms with Gasteiger partial charge in [0.25, 0.3) is 6.43 Å². The molecule has 0 bridgehead atoms. The van der Waals surface area contributed by atoms with Gasteiger partial charge in [0.1, 0.15) is 5.60 Å². The first-order valence-corrected chi connectivity index (χ1v) is 8.27. The third-order valence-corrected chi connectivity index (χ3v) is 3.99. The van der Waals surface area contributed by atoms with E-state index in [2.05, 4.69) is 15.9 Å². The number of carbonyl (C=O) groups is 1. The molecule has 23 heavy (non-hydrogen) atoms. The topological polar surface area (TPSA) is 32.8 Å². The number of ether oxygens (including phenoxy) is 1. The number of hydrogen-bond donors (Lipinski definition) is 0. The summed E-state index contributed by atoms with van der Waals surface area (Å²) >= 11 is 3.22. The summed E-state index contributed by atoms with van der Waals surface area (Å²) in [6, 6.07) is 4.89. The molecule has 0 N–H and O–H groups in total. The van der Waals surface area contributed by atoms with E-state index < -0.39 is 12.0 Å². The first kappa shape index (κ1) is 18.0. The minimum Gasteiger partial charge on any atom is -0.444 e. The second kappa shape index (κ2) is 7.03. The summed E-state index contributed by atoms with van der Waals surface area (Å²) in [5.74, 6) is 0. The van der Waals surface area contributed by atoms with Crippen molar-refractivity contribution in [1.29, 1.82) is 0 Å². The maximum Gasteiger partial charge on any atom is 0.410 e. The number of anilines is 1. The van der Waals surface area contributed by atoms with Crippen LogP contribution in [0.2, 0.25) is 0 Å². The zero-order valence-electron chi connectivity index (χ0n) is 13.5. The summed E-state index contributed by atoms with van der Waals surface area (Å²) in [7, 11) is 0. The minimum atomic E-state index is -2.54. The molecule has 0 unspecified atom stereocenters. The van der Waals surface area contributed by atoms with Gasteiger partial charge in [0.2, 0.25) is 0 Å². The van der Waals surface area contributed by atoms with Crippen molar-refractivity contribution in [2.45, 2.75) is 32.8 Å². The molecule has 0 aliphatic carbocycles. The second-order valence-electron chi connectivity index (χ2n) is 6.46. The Morgan fingerprint density at radius 2 is 1.83 bits per heavy atom. The lowest BCUT2D eigenvalue weighted by Crippen LogP contribution is -2.50. The van der Waals surface area contributed by atoms with Crippen molar-refractivity contribution in [3.8, 4) is 0 Å². The molecule has 0 aromatic heterocycles. The quantitative estimate of drug-likeness (QED) is 0.747. The van der Waals surface area contributed by atoms with Gasteiger partial charge in [-0.2, -0.15) is 0 Å². The third kappa shape index (κ3) is 4.80. The average molecular weight is 391 g/mol. The Labute approximate surface area is 143 Å². The van der Waals surface area contributed by atoms with Gasteiger partial charge in [0, 0.05) is 41.9 Å². The highest BCUT2D eigenvalue weighted by Gasteiger charge is 2.27. The number of benzene rings is 1. The molecular formula is C16H21BrF2N2O2. The summed E-state index contributed by atoms with van der Waals surface area (Å²) in [4.78, 5) is 15.5. The van der Waals surface area contributed by atoms with Gasteiger partial charge in [-0.1, -0.05) is 15.9 Å². The van der Waals surface area contributed by atoms with E-state index in [0.29, 0.717) is 36.3 Å². The Kier molecular flexibility index (Phi) is 5.49. The Hall–Kier alpha value is -1.37. The lowest BCUT2D eigenvalue weighted by atomic mass is 10.1. The van der Waals surface area contributed by atoms with Crippen molar-refractivity contribution in [3.05, 3.63) is 28.2 Å². The van der Waals surface area contributed by atoms with Crippen LogP contribution in [0.1, 0.15) is 32.8 Å². The monoisotopic (exact) mass is 390 g/mol. The fourth-order valence-electron chi connectivity index (χ4n) is 2.44. The van der Waals surface area contributed by atoms with Gasteiger partial charge < -0.3 is 14.5 Å². The van der Waals surface area contributed by atoms with Crippen molar-refractivity contribution in [1.82, 2.24) is 4.90 Å². The number of nitrogens with zero attached hydrogens (tertiary/aromatic N) is 2. The van der Waals surface area contributed by atoms with Crippen molar-refractivity contribution in [3.63, 3.8) is 0 Å². The van der Waals surface area contributed by atoms with E-state index in [-0.39, 0.29) is 11.7 Å². The first-order chi connectivity index (χ1) is 10.7. The standard InChI is InChI=1S/C16H21BrF2N2O2/c1-16(2,3)23-15(22)21-8-6-20(7-9-21)13-5-4-11(17)10-12(13)14(18)19/h4-5,10,14H,6-9H2,1-3H3. The summed E-state index contributed by atoms with van der Waals surface area (Å²) < 4.78 is 32.4. The van der Waals surface area contributed by atoms with Gasteiger partial charge in [0.15, 0.2) is 0 Å². The maximum absolute atomic E-state index is 13.2. The predicted molar refractivity (Wildman–Crippen MR) is 89.1 cm³/mol. The second-order valence-corrected chi connectivity index (χ2v) is 7.37. The van der Waals surface area contributed by atoms with Gasteiger partial charge >= 0.3 is 6.09 Å². The number of piperazine rings is 1. The number of halogens is 3. The normalized spacial score (nSPS) is 16.0. The van der Waals surface area contributed by atoms with Crippen LogP contribution in [0.25, 0.3) is 0 Å². The summed E-state index contributed by atoms with van der Waals surface area (Å²) in [5, 5.41) is 0. The van der Waals surface area contributed by atoms with Crippen molar-refractivity contribution < 1.29 is 18.3 Å². The smallest absolute Gasteiger partial charge is 0.410 e. The van der Waals surface area contributed by atoms with Gasteiger partial charge in [-0.25, -0.2) is 13.6 Å². The molecule has 1 aromatic rings. The summed E-state index contributed by atoms with van der Waals surface area (Å²) in [6.07, 6.45) is -2.89. The molecule has 128 valence electrons. The molecule has 1 aliphatic rings. The number of hydrogen-bond acceptors (Lipinski definition) is 3. The summed E-state index contributed by atoms with van der Waals surface area (Å²) in [6.45, 7) is 7.36. The van der Waals surface area contributed by atoms with Crippen molar-refractivity contribution >= 4 is 27.7 Å². The van der Waals surface area contributed by atoms with Crippen LogP contribution in [0.15, 0.2) is 22.7 Å². The van der Waals surface area contributed by atoms with E-state index in [1.165, 1.54) is 6.07 Å². The van der Waals surface area contributed by atoms with Gasteiger partial charge in [-0.15, -0.1) is 0 Å². The zero-order valence-corrected chi connectivity index (χ0v) is 15.1. The Bertz CT molecular complexity index is 568. The molecule has 1 aliphatic heterocycles. The lowest BCUT2D eigenvalue weighted by Gasteiger charge is -2.37. The Morgan fingerprint density at radius 1 is 1.22 bits per heavy atom. The molecule has 1 amide bonds. The third-order valence-electron chi connectivity index (χ3n) is 3.50. The number of rotatable bonds is 2. The average Bonchev–Trinajstić information content (AvgIpc) is 2.45. The minimum absolute atomic E-state index is 0.00472. The predicted octanol–water partition coefficient (Wildman–Crippen LogP) is 4.44. The fourth-order valence-corrected chi connectivity index (χ4v) is 2.82. The highest BCUT2D eigenvalue weighted by Crippen LogP contribution is 2.33. The molecule has 2 rings (SSSR count). The molecule has 0 saturated carbocycles. The van der Waals surface area contributed by atoms with Crippen LogP contribution >= 0.6 is 15.9 Å². The van der Waals surface area contributed by atoms with E-state index in [1.807, 2.05) is 25.7 Å². The van der Waals surface area contributed by atoms with Crippen LogP contribution in [0, 0.1) is 0 Å². The van der Waals surface area contributed by atoms with Crippen molar-refractivity contribution in [2.24, 2.45) is 0 Å². The van der Waals surface area contributed by atoms with E-state index in [4.69, 9.17) is 4.74 Å². The molecule has 7 heteroatoms. The van der Waals surface area contributed by atoms with Crippen molar-refractivity contribution in [2.75, 3.05) is 31.1 Å². The molecule has 1 aromatic carbocycles. The largest absolute Gasteiger partial charge is 0.444 e. The number of carbonyl (C=O) groups excluding carboxylic acids is 1. The van der Waals surface area contributed by atoms with Gasteiger partial charge in [-0.3, -0.25) is 0 Å². The molecule has 1 heterocycles. The zero-order chi connectivity index (χ0) is 17.2. The highest BCUT2D eigenvalue weighted by molar-refractivity contribution is 9.10. The van der Waals surface area contributed by atoms with E-state index in [0.717, 1.165) is 0 Å². The molecule has 4 nitrogen and oxygen atoms in total. The maximum atomic E-state index is 13.2. The molecule has 1 saturated heterocycles. The van der Waals surface area contributed by atoms with Crippen LogP contribution in [-0.2, 0) is 4.74 Å². The van der Waals surface area contributed by atoms with Crippen LogP contribution in [0.3, 0.4) is 0 Å². The fraction of sp³-hybridized carbons (Fsp3) is 0.562. The Morgan fingerprint density at radius 3 is 2.35 bits per heavy atom. The van der Waals surface area contributed by atoms with Gasteiger partial charge in [0.05, 0.1) is 0 Å². The van der Waals surface area contributed by atoms with Crippen LogP contribution in [0.5, 0.6) is 0 Å². The van der Waals surface area contributed by atoms with E-state index in [9.17, 15) is 13.6 Å². The van der Waals surface area contributed by atoms with Crippen LogP contribution in [-0.4, -0.2) is 42.8 Å². The molecule has 0 radical (unpaired) electrons. The SMILES string of the molecule is CC(C)(C)OC(=O)N1CCN(c2ccc(Br)cc2C(F)F)CC1. The number of amides is 1. The molecule has 1 fully saturated rings. The van der Waals surface area contributed by atoms with Crippen LogP contribution < -0.4 is 4.90 Å². The number of alkyl halides is 2. The lowest BCUT2D eigenvalue weighted by molar-refractivity contribution is 0.0240. The molecule has 0 spiro atoms. The summed E-state index contributed by atoms with van der Waals surface area (Å²) in [5.41, 5.74) is -0.0138. The Balaban J connectivity index is 2.04. The van der Waals surface area contributed by atoms with E-state index >= 15 is 0 Å². The van der Waals surface area contributed by atoms with Gasteiger partial charge in [-0.05, 0) is 39.0 Å². The first-order valence-electron chi connectivity index (χ1n) is 7.48. The highest BCUT2D eigenvalue weighted by atomic mass is 79.9.